The number of aliphatic hydroxyl groups excluding tert-OH is 1. The highest BCUT2D eigenvalue weighted by atomic mass is 16.3. The SMILES string of the molecule is C[C@@H](O)CN1CCN(Cc2nccn2C)C[C@@H]1C. The first-order valence-electron chi connectivity index (χ1n) is 6.67. The van der Waals surface area contributed by atoms with E-state index in [1.54, 1.807) is 0 Å². The smallest absolute Gasteiger partial charge is 0.122 e. The maximum absolute atomic E-state index is 9.46. The molecular weight excluding hydrogens is 228 g/mol. The summed E-state index contributed by atoms with van der Waals surface area (Å²) in [5.74, 6) is 1.12. The van der Waals surface area contributed by atoms with Gasteiger partial charge in [-0.05, 0) is 13.8 Å². The number of aryl methyl sites for hydroxylation is 1. The summed E-state index contributed by atoms with van der Waals surface area (Å²) in [6, 6.07) is 0.494. The standard InChI is InChI=1S/C13H24N4O/c1-11-8-16(6-7-17(11)9-12(2)18)10-13-14-4-5-15(13)3/h4-5,11-12,18H,6-10H2,1-3H3/t11-,12+/m0/s1. The van der Waals surface area contributed by atoms with Crippen LogP contribution >= 0.6 is 0 Å². The number of nitrogens with zero attached hydrogens (tertiary/aromatic N) is 4. The molecule has 5 nitrogen and oxygen atoms in total. The van der Waals surface area contributed by atoms with E-state index >= 15 is 0 Å². The van der Waals surface area contributed by atoms with Gasteiger partial charge in [-0.3, -0.25) is 9.80 Å². The summed E-state index contributed by atoms with van der Waals surface area (Å²) >= 11 is 0. The van der Waals surface area contributed by atoms with Gasteiger partial charge in [0.25, 0.3) is 0 Å². The van der Waals surface area contributed by atoms with E-state index in [2.05, 4.69) is 26.3 Å². The summed E-state index contributed by atoms with van der Waals surface area (Å²) < 4.78 is 2.08. The number of aliphatic hydroxyl groups is 1. The predicted octanol–water partition coefficient (Wildman–Crippen LogP) is 0.307. The van der Waals surface area contributed by atoms with E-state index in [1.165, 1.54) is 0 Å². The molecule has 1 aliphatic heterocycles. The van der Waals surface area contributed by atoms with Crippen LogP contribution in [0.15, 0.2) is 12.4 Å². The molecular formula is C13H24N4O. The van der Waals surface area contributed by atoms with Crippen molar-refractivity contribution in [3.8, 4) is 0 Å². The molecule has 102 valence electrons. The largest absolute Gasteiger partial charge is 0.392 e. The van der Waals surface area contributed by atoms with Crippen molar-refractivity contribution in [3.05, 3.63) is 18.2 Å². The van der Waals surface area contributed by atoms with E-state index < -0.39 is 0 Å². The minimum atomic E-state index is -0.242. The Balaban J connectivity index is 1.86. The van der Waals surface area contributed by atoms with E-state index in [1.807, 2.05) is 26.4 Å². The van der Waals surface area contributed by atoms with Gasteiger partial charge in [-0.15, -0.1) is 0 Å². The molecule has 0 amide bonds. The molecule has 1 N–H and O–H groups in total. The van der Waals surface area contributed by atoms with Crippen LogP contribution < -0.4 is 0 Å². The van der Waals surface area contributed by atoms with Crippen molar-refractivity contribution in [1.82, 2.24) is 19.4 Å². The normalized spacial score (nSPS) is 24.3. The fourth-order valence-corrected chi connectivity index (χ4v) is 2.57. The Kier molecular flexibility index (Phi) is 4.37. The number of hydrogen-bond donors (Lipinski definition) is 1. The van der Waals surface area contributed by atoms with Crippen molar-refractivity contribution in [1.29, 1.82) is 0 Å². The van der Waals surface area contributed by atoms with Gasteiger partial charge in [-0.1, -0.05) is 0 Å². The number of hydrogen-bond acceptors (Lipinski definition) is 4. The minimum Gasteiger partial charge on any atom is -0.392 e. The second-order valence-corrected chi connectivity index (χ2v) is 5.38. The average Bonchev–Trinajstić information content (AvgIpc) is 2.68. The van der Waals surface area contributed by atoms with Crippen LogP contribution in [0.25, 0.3) is 0 Å². The molecule has 0 aliphatic carbocycles. The van der Waals surface area contributed by atoms with E-state index in [9.17, 15) is 5.11 Å². The summed E-state index contributed by atoms with van der Waals surface area (Å²) in [7, 11) is 2.04. The lowest BCUT2D eigenvalue weighted by Gasteiger charge is -2.40. The van der Waals surface area contributed by atoms with Gasteiger partial charge in [-0.25, -0.2) is 4.98 Å². The molecule has 1 aromatic rings. The van der Waals surface area contributed by atoms with Crippen molar-refractivity contribution in [2.45, 2.75) is 32.5 Å². The van der Waals surface area contributed by atoms with Gasteiger partial charge in [0, 0.05) is 51.7 Å². The van der Waals surface area contributed by atoms with Crippen LogP contribution in [0.3, 0.4) is 0 Å². The second kappa shape index (κ2) is 5.82. The molecule has 0 aromatic carbocycles. The fraction of sp³-hybridized carbons (Fsp3) is 0.769. The van der Waals surface area contributed by atoms with Gasteiger partial charge < -0.3 is 9.67 Å². The zero-order chi connectivity index (χ0) is 13.1. The minimum absolute atomic E-state index is 0.242. The fourth-order valence-electron chi connectivity index (χ4n) is 2.57. The third-order valence-electron chi connectivity index (χ3n) is 3.63. The summed E-state index contributed by atoms with van der Waals surface area (Å²) in [6.45, 7) is 8.88. The van der Waals surface area contributed by atoms with E-state index in [-0.39, 0.29) is 6.10 Å². The summed E-state index contributed by atoms with van der Waals surface area (Å²) in [5.41, 5.74) is 0. The Labute approximate surface area is 109 Å². The van der Waals surface area contributed by atoms with Crippen molar-refractivity contribution in [3.63, 3.8) is 0 Å². The number of imidazole rings is 1. The Morgan fingerprint density at radius 2 is 2.28 bits per heavy atom. The average molecular weight is 252 g/mol. The summed E-state index contributed by atoms with van der Waals surface area (Å²) in [5, 5.41) is 9.46. The van der Waals surface area contributed by atoms with Gasteiger partial charge >= 0.3 is 0 Å². The molecule has 1 saturated heterocycles. The molecule has 2 heterocycles. The number of piperazine rings is 1. The molecule has 0 saturated carbocycles. The highest BCUT2D eigenvalue weighted by molar-refractivity contribution is 4.92. The highest BCUT2D eigenvalue weighted by Crippen LogP contribution is 2.12. The van der Waals surface area contributed by atoms with Crippen LogP contribution in [0.2, 0.25) is 0 Å². The number of β-amino-alcohol motifs (C(OH)–C–C–N with tert-alkyl or cyclic N) is 1. The third-order valence-corrected chi connectivity index (χ3v) is 3.63. The lowest BCUT2D eigenvalue weighted by atomic mass is 10.1. The van der Waals surface area contributed by atoms with Gasteiger partial charge in [0.15, 0.2) is 0 Å². The Morgan fingerprint density at radius 3 is 2.83 bits per heavy atom. The monoisotopic (exact) mass is 252 g/mol. The molecule has 0 spiro atoms. The molecule has 0 bridgehead atoms. The lowest BCUT2D eigenvalue weighted by molar-refractivity contribution is 0.0411. The molecule has 1 fully saturated rings. The highest BCUT2D eigenvalue weighted by Gasteiger charge is 2.24. The molecule has 2 atom stereocenters. The van der Waals surface area contributed by atoms with E-state index in [4.69, 9.17) is 0 Å². The summed E-state index contributed by atoms with van der Waals surface area (Å²) in [6.07, 6.45) is 3.60. The van der Waals surface area contributed by atoms with Gasteiger partial charge in [0.1, 0.15) is 5.82 Å². The van der Waals surface area contributed by atoms with Crippen LogP contribution in [-0.4, -0.2) is 62.8 Å². The Hall–Kier alpha value is -0.910. The van der Waals surface area contributed by atoms with Crippen LogP contribution in [-0.2, 0) is 13.6 Å². The topological polar surface area (TPSA) is 44.5 Å². The van der Waals surface area contributed by atoms with Crippen molar-refractivity contribution in [2.24, 2.45) is 7.05 Å². The van der Waals surface area contributed by atoms with Gasteiger partial charge in [0.2, 0.25) is 0 Å². The van der Waals surface area contributed by atoms with Crippen molar-refractivity contribution >= 4 is 0 Å². The molecule has 0 radical (unpaired) electrons. The number of rotatable bonds is 4. The van der Waals surface area contributed by atoms with Crippen LogP contribution in [0.4, 0.5) is 0 Å². The zero-order valence-corrected chi connectivity index (χ0v) is 11.6. The molecule has 0 unspecified atom stereocenters. The maximum Gasteiger partial charge on any atom is 0.122 e. The van der Waals surface area contributed by atoms with E-state index in [0.717, 1.165) is 38.5 Å². The Bertz CT molecular complexity index is 377. The third kappa shape index (κ3) is 3.31. The zero-order valence-electron chi connectivity index (χ0n) is 11.6. The first kappa shape index (κ1) is 13.5. The summed E-state index contributed by atoms with van der Waals surface area (Å²) in [4.78, 5) is 9.17. The van der Waals surface area contributed by atoms with Gasteiger partial charge in [-0.2, -0.15) is 0 Å². The van der Waals surface area contributed by atoms with E-state index in [0.29, 0.717) is 6.04 Å². The van der Waals surface area contributed by atoms with Crippen molar-refractivity contribution < 1.29 is 5.11 Å². The maximum atomic E-state index is 9.46. The molecule has 18 heavy (non-hydrogen) atoms. The Morgan fingerprint density at radius 1 is 1.50 bits per heavy atom. The predicted molar refractivity (Wildman–Crippen MR) is 71.2 cm³/mol. The van der Waals surface area contributed by atoms with Crippen LogP contribution in [0.5, 0.6) is 0 Å². The first-order valence-corrected chi connectivity index (χ1v) is 6.67. The molecule has 2 rings (SSSR count). The van der Waals surface area contributed by atoms with Crippen LogP contribution in [0, 0.1) is 0 Å². The number of aromatic nitrogens is 2. The molecule has 5 heteroatoms. The van der Waals surface area contributed by atoms with Crippen LogP contribution in [0.1, 0.15) is 19.7 Å². The molecule has 1 aromatic heterocycles. The van der Waals surface area contributed by atoms with Crippen molar-refractivity contribution in [2.75, 3.05) is 26.2 Å². The second-order valence-electron chi connectivity index (χ2n) is 5.38. The molecule has 1 aliphatic rings. The first-order chi connectivity index (χ1) is 8.56. The van der Waals surface area contributed by atoms with Gasteiger partial charge in [0.05, 0.1) is 12.6 Å². The lowest BCUT2D eigenvalue weighted by Crippen LogP contribution is -2.53. The quantitative estimate of drug-likeness (QED) is 0.837.